The molecule has 2 N–H and O–H groups in total. The molecule has 7 heteroatoms. The van der Waals surface area contributed by atoms with E-state index in [4.69, 9.17) is 4.74 Å². The second-order valence-electron chi connectivity index (χ2n) is 4.56. The lowest BCUT2D eigenvalue weighted by atomic mass is 10.1. The summed E-state index contributed by atoms with van der Waals surface area (Å²) >= 11 is 1.15. The highest BCUT2D eigenvalue weighted by Gasteiger charge is 2.19. The van der Waals surface area contributed by atoms with Crippen molar-refractivity contribution in [2.75, 3.05) is 14.2 Å². The van der Waals surface area contributed by atoms with E-state index in [2.05, 4.69) is 15.3 Å². The summed E-state index contributed by atoms with van der Waals surface area (Å²) in [5.74, 6) is 0.141. The lowest BCUT2D eigenvalue weighted by Gasteiger charge is -2.00. The van der Waals surface area contributed by atoms with Gasteiger partial charge in [0.05, 0.1) is 12.7 Å². The molecule has 3 aromatic rings. The van der Waals surface area contributed by atoms with Gasteiger partial charge >= 0.3 is 0 Å². The average Bonchev–Trinajstić information content (AvgIpc) is 3.19. The molecule has 0 fully saturated rings. The highest BCUT2D eigenvalue weighted by atomic mass is 32.1. The minimum Gasteiger partial charge on any atom is -0.497 e. The number of carbonyl (C=O) groups excluding carboxylic acids is 2. The molecule has 0 saturated heterocycles. The lowest BCUT2D eigenvalue weighted by molar-refractivity contribution is 0.0959. The molecular weight excluding hydrogens is 302 g/mol. The number of carbonyl (C=O) groups is 2. The van der Waals surface area contributed by atoms with Crippen molar-refractivity contribution in [3.63, 3.8) is 0 Å². The van der Waals surface area contributed by atoms with Crippen molar-refractivity contribution in [3.8, 4) is 5.75 Å². The van der Waals surface area contributed by atoms with Crippen LogP contribution in [0.3, 0.4) is 0 Å². The van der Waals surface area contributed by atoms with Gasteiger partial charge in [0.15, 0.2) is 5.01 Å². The summed E-state index contributed by atoms with van der Waals surface area (Å²) in [7, 11) is 3.10. The summed E-state index contributed by atoms with van der Waals surface area (Å²) in [6, 6.07) is 5.47. The molecule has 2 heterocycles. The number of methoxy groups -OCH3 is 1. The second-order valence-corrected chi connectivity index (χ2v) is 5.42. The molecule has 0 atom stereocenters. The predicted octanol–water partition coefficient (Wildman–Crippen LogP) is 2.22. The van der Waals surface area contributed by atoms with Gasteiger partial charge in [-0.05, 0) is 18.2 Å². The largest absolute Gasteiger partial charge is 0.497 e. The average molecular weight is 315 g/mol. The van der Waals surface area contributed by atoms with E-state index >= 15 is 0 Å². The standard InChI is InChI=1S/C15H13N3O3S/c1-16-14(20)12-7-22-15(18-12)13(19)10-6-17-11-4-3-8(21-2)5-9(10)11/h3-7,17H,1-2H3,(H,16,20). The van der Waals surface area contributed by atoms with E-state index < -0.39 is 0 Å². The van der Waals surface area contributed by atoms with Gasteiger partial charge in [0.2, 0.25) is 5.78 Å². The maximum atomic E-state index is 12.6. The Labute approximate surface area is 130 Å². The van der Waals surface area contributed by atoms with Gasteiger partial charge in [0.25, 0.3) is 5.91 Å². The van der Waals surface area contributed by atoms with Crippen LogP contribution in [-0.4, -0.2) is 35.8 Å². The molecule has 1 amide bonds. The van der Waals surface area contributed by atoms with E-state index in [0.717, 1.165) is 22.2 Å². The van der Waals surface area contributed by atoms with Gasteiger partial charge in [0.1, 0.15) is 11.4 Å². The molecule has 0 aliphatic heterocycles. The van der Waals surface area contributed by atoms with Crippen LogP contribution >= 0.6 is 11.3 Å². The first-order valence-corrected chi connectivity index (χ1v) is 7.39. The van der Waals surface area contributed by atoms with E-state index in [9.17, 15) is 9.59 Å². The Bertz CT molecular complexity index is 866. The zero-order valence-corrected chi connectivity index (χ0v) is 12.8. The first-order chi connectivity index (χ1) is 10.6. The van der Waals surface area contributed by atoms with Crippen molar-refractivity contribution in [1.29, 1.82) is 0 Å². The Morgan fingerprint density at radius 2 is 2.18 bits per heavy atom. The van der Waals surface area contributed by atoms with Crippen LogP contribution in [0.25, 0.3) is 10.9 Å². The number of nitrogens with zero attached hydrogens (tertiary/aromatic N) is 1. The highest BCUT2D eigenvalue weighted by Crippen LogP contribution is 2.26. The van der Waals surface area contributed by atoms with Crippen molar-refractivity contribution in [1.82, 2.24) is 15.3 Å². The van der Waals surface area contributed by atoms with Gasteiger partial charge in [-0.25, -0.2) is 4.98 Å². The number of hydrogen-bond donors (Lipinski definition) is 2. The number of amides is 1. The number of aromatic nitrogens is 2. The van der Waals surface area contributed by atoms with Crippen molar-refractivity contribution in [3.05, 3.63) is 46.0 Å². The molecule has 6 nitrogen and oxygen atoms in total. The van der Waals surface area contributed by atoms with Gasteiger partial charge in [-0.3, -0.25) is 9.59 Å². The summed E-state index contributed by atoms with van der Waals surface area (Å²) in [6.07, 6.45) is 1.65. The molecular formula is C15H13N3O3S. The third kappa shape index (κ3) is 2.35. The van der Waals surface area contributed by atoms with Crippen LogP contribution < -0.4 is 10.1 Å². The molecule has 3 rings (SSSR count). The second kappa shape index (κ2) is 5.61. The smallest absolute Gasteiger partial charge is 0.270 e. The zero-order chi connectivity index (χ0) is 15.7. The predicted molar refractivity (Wildman–Crippen MR) is 83.8 cm³/mol. The van der Waals surface area contributed by atoms with Crippen LogP contribution in [0.15, 0.2) is 29.8 Å². The molecule has 0 aliphatic rings. The fourth-order valence-electron chi connectivity index (χ4n) is 2.14. The van der Waals surface area contributed by atoms with Crippen molar-refractivity contribution in [2.45, 2.75) is 0 Å². The Kier molecular flexibility index (Phi) is 3.64. The molecule has 0 bridgehead atoms. The highest BCUT2D eigenvalue weighted by molar-refractivity contribution is 7.12. The summed E-state index contributed by atoms with van der Waals surface area (Å²) in [6.45, 7) is 0. The quantitative estimate of drug-likeness (QED) is 0.723. The van der Waals surface area contributed by atoms with Gasteiger partial charge in [0, 0.05) is 29.5 Å². The van der Waals surface area contributed by atoms with Gasteiger partial charge < -0.3 is 15.0 Å². The van der Waals surface area contributed by atoms with E-state index in [0.29, 0.717) is 11.3 Å². The summed E-state index contributed by atoms with van der Waals surface area (Å²) in [4.78, 5) is 31.3. The molecule has 0 spiro atoms. The number of nitrogens with one attached hydrogen (secondary N) is 2. The molecule has 22 heavy (non-hydrogen) atoms. The minimum absolute atomic E-state index is 0.223. The number of H-pyrrole nitrogens is 1. The lowest BCUT2D eigenvalue weighted by Crippen LogP contribution is -2.18. The number of ether oxygens (including phenoxy) is 1. The van der Waals surface area contributed by atoms with E-state index in [1.165, 1.54) is 7.05 Å². The Balaban J connectivity index is 2.01. The maximum absolute atomic E-state index is 12.6. The first-order valence-electron chi connectivity index (χ1n) is 6.51. The molecule has 0 saturated carbocycles. The Morgan fingerprint density at radius 3 is 2.91 bits per heavy atom. The third-order valence-corrected chi connectivity index (χ3v) is 4.13. The molecule has 0 unspecified atom stereocenters. The number of rotatable bonds is 4. The van der Waals surface area contributed by atoms with Crippen molar-refractivity contribution < 1.29 is 14.3 Å². The van der Waals surface area contributed by atoms with E-state index in [1.807, 2.05) is 12.1 Å². The number of fused-ring (bicyclic) bond motifs is 1. The molecule has 0 aliphatic carbocycles. The molecule has 112 valence electrons. The van der Waals surface area contributed by atoms with E-state index in [1.54, 1.807) is 24.8 Å². The SMILES string of the molecule is CNC(=O)c1csc(C(=O)c2c[nH]c3ccc(OC)cc23)n1. The monoisotopic (exact) mass is 315 g/mol. The van der Waals surface area contributed by atoms with Crippen LogP contribution in [0.1, 0.15) is 25.9 Å². The topological polar surface area (TPSA) is 84.1 Å². The normalized spacial score (nSPS) is 10.6. The summed E-state index contributed by atoms with van der Waals surface area (Å²) < 4.78 is 5.19. The minimum atomic E-state index is -0.309. The van der Waals surface area contributed by atoms with E-state index in [-0.39, 0.29) is 22.4 Å². The molecule has 1 aromatic carbocycles. The summed E-state index contributed by atoms with van der Waals surface area (Å²) in [5.41, 5.74) is 1.59. The fraction of sp³-hybridized carbons (Fsp3) is 0.133. The van der Waals surface area contributed by atoms with Crippen LogP contribution in [0.2, 0.25) is 0 Å². The number of hydrogen-bond acceptors (Lipinski definition) is 5. The number of ketones is 1. The van der Waals surface area contributed by atoms with Gasteiger partial charge in [-0.1, -0.05) is 0 Å². The molecule has 2 aromatic heterocycles. The maximum Gasteiger partial charge on any atom is 0.270 e. The number of thiazole rings is 1. The number of benzene rings is 1. The van der Waals surface area contributed by atoms with Crippen LogP contribution in [0, 0.1) is 0 Å². The van der Waals surface area contributed by atoms with Crippen LogP contribution in [-0.2, 0) is 0 Å². The third-order valence-electron chi connectivity index (χ3n) is 3.29. The molecule has 0 radical (unpaired) electrons. The van der Waals surface area contributed by atoms with Gasteiger partial charge in [-0.15, -0.1) is 11.3 Å². The van der Waals surface area contributed by atoms with Crippen molar-refractivity contribution in [2.24, 2.45) is 0 Å². The Hall–Kier alpha value is -2.67. The number of aromatic amines is 1. The first kappa shape index (κ1) is 14.3. The Morgan fingerprint density at radius 1 is 1.36 bits per heavy atom. The fourth-order valence-corrected chi connectivity index (χ4v) is 2.89. The van der Waals surface area contributed by atoms with Crippen LogP contribution in [0.5, 0.6) is 5.75 Å². The van der Waals surface area contributed by atoms with Gasteiger partial charge in [-0.2, -0.15) is 0 Å². The van der Waals surface area contributed by atoms with Crippen LogP contribution in [0.4, 0.5) is 0 Å². The zero-order valence-electron chi connectivity index (χ0n) is 12.0. The van der Waals surface area contributed by atoms with Crippen molar-refractivity contribution >= 4 is 33.9 Å². The summed E-state index contributed by atoms with van der Waals surface area (Å²) in [5, 5.41) is 5.10.